The van der Waals surface area contributed by atoms with Crippen LogP contribution in [0.25, 0.3) is 0 Å². The highest BCUT2D eigenvalue weighted by molar-refractivity contribution is 7.85. The summed E-state index contributed by atoms with van der Waals surface area (Å²) in [7, 11) is -3.88. The third kappa shape index (κ3) is 2.90. The SMILES string of the molecule is CC1Nc2c(ccc[n+]2CCCS(=O)(=O)O)C1(C)C. The van der Waals surface area contributed by atoms with Gasteiger partial charge in [0.25, 0.3) is 15.9 Å². The molecule has 1 aliphatic rings. The molecule has 106 valence electrons. The highest BCUT2D eigenvalue weighted by atomic mass is 32.2. The molecule has 0 saturated heterocycles. The van der Waals surface area contributed by atoms with Gasteiger partial charge in [0.15, 0.2) is 0 Å². The molecular weight excluding hydrogens is 264 g/mol. The summed E-state index contributed by atoms with van der Waals surface area (Å²) in [6, 6.07) is 4.41. The molecule has 0 spiro atoms. The Morgan fingerprint density at radius 2 is 2.16 bits per heavy atom. The minimum absolute atomic E-state index is 0.0569. The maximum Gasteiger partial charge on any atom is 0.278 e. The second-order valence-electron chi connectivity index (χ2n) is 5.69. The van der Waals surface area contributed by atoms with Gasteiger partial charge in [0.2, 0.25) is 0 Å². The van der Waals surface area contributed by atoms with Crippen molar-refractivity contribution >= 4 is 15.9 Å². The Morgan fingerprint density at radius 3 is 2.79 bits per heavy atom. The van der Waals surface area contributed by atoms with Gasteiger partial charge < -0.3 is 0 Å². The van der Waals surface area contributed by atoms with Crippen LogP contribution in [0.5, 0.6) is 0 Å². The lowest BCUT2D eigenvalue weighted by Gasteiger charge is -2.19. The van der Waals surface area contributed by atoms with E-state index in [-0.39, 0.29) is 11.2 Å². The zero-order chi connectivity index (χ0) is 14.3. The van der Waals surface area contributed by atoms with Crippen LogP contribution in [0.2, 0.25) is 0 Å². The molecular formula is C13H21N2O3S+. The average Bonchev–Trinajstić information content (AvgIpc) is 2.50. The van der Waals surface area contributed by atoms with Gasteiger partial charge in [-0.3, -0.25) is 9.87 Å². The van der Waals surface area contributed by atoms with E-state index in [1.165, 1.54) is 5.56 Å². The molecule has 1 unspecified atom stereocenters. The van der Waals surface area contributed by atoms with Gasteiger partial charge >= 0.3 is 0 Å². The van der Waals surface area contributed by atoms with E-state index in [2.05, 4.69) is 32.2 Å². The molecule has 19 heavy (non-hydrogen) atoms. The van der Waals surface area contributed by atoms with E-state index in [9.17, 15) is 8.42 Å². The number of aromatic nitrogens is 1. The first-order valence-electron chi connectivity index (χ1n) is 6.46. The third-order valence-corrected chi connectivity index (χ3v) is 4.81. The van der Waals surface area contributed by atoms with Crippen LogP contribution in [0.3, 0.4) is 0 Å². The van der Waals surface area contributed by atoms with Gasteiger partial charge in [0.1, 0.15) is 6.04 Å². The molecule has 0 aromatic carbocycles. The van der Waals surface area contributed by atoms with Gasteiger partial charge in [-0.15, -0.1) is 0 Å². The second kappa shape index (κ2) is 4.76. The lowest BCUT2D eigenvalue weighted by molar-refractivity contribution is -0.683. The number of nitrogens with one attached hydrogen (secondary N) is 1. The van der Waals surface area contributed by atoms with Crippen molar-refractivity contribution in [3.05, 3.63) is 23.9 Å². The van der Waals surface area contributed by atoms with E-state index in [0.29, 0.717) is 19.0 Å². The summed E-state index contributed by atoms with van der Waals surface area (Å²) in [6.07, 6.45) is 2.33. The smallest absolute Gasteiger partial charge is 0.278 e. The minimum Gasteiger partial charge on any atom is -0.286 e. The second-order valence-corrected chi connectivity index (χ2v) is 7.26. The fraction of sp³-hybridized carbons (Fsp3) is 0.615. The Kier molecular flexibility index (Phi) is 3.57. The van der Waals surface area contributed by atoms with E-state index in [1.807, 2.05) is 16.8 Å². The van der Waals surface area contributed by atoms with Crippen molar-refractivity contribution in [1.82, 2.24) is 0 Å². The van der Waals surface area contributed by atoms with E-state index in [0.717, 1.165) is 5.82 Å². The topological polar surface area (TPSA) is 70.3 Å². The van der Waals surface area contributed by atoms with E-state index in [4.69, 9.17) is 4.55 Å². The Balaban J connectivity index is 2.19. The molecule has 1 atom stereocenters. The largest absolute Gasteiger partial charge is 0.286 e. The van der Waals surface area contributed by atoms with Crippen molar-refractivity contribution in [3.8, 4) is 0 Å². The van der Waals surface area contributed by atoms with Crippen molar-refractivity contribution in [2.45, 2.75) is 45.2 Å². The molecule has 0 saturated carbocycles. The molecule has 6 heteroatoms. The number of pyridine rings is 1. The van der Waals surface area contributed by atoms with Crippen LogP contribution in [0.15, 0.2) is 18.3 Å². The summed E-state index contributed by atoms with van der Waals surface area (Å²) in [5.41, 5.74) is 1.30. The van der Waals surface area contributed by atoms with E-state index < -0.39 is 10.1 Å². The standard InChI is InChI=1S/C13H20N2O3S/c1-10-13(2,3)11-6-4-7-15(12(11)14-10)8-5-9-19(16,17)18/h4,6-7,10H,5,8-9H2,1-3H3,(H,16,17,18)/p+1. The predicted octanol–water partition coefficient (Wildman–Crippen LogP) is 1.34. The first-order valence-corrected chi connectivity index (χ1v) is 8.07. The number of nitrogens with zero attached hydrogens (tertiary/aromatic N) is 1. The minimum atomic E-state index is -3.88. The highest BCUT2D eigenvalue weighted by Gasteiger charge is 2.43. The van der Waals surface area contributed by atoms with Gasteiger partial charge in [-0.1, -0.05) is 13.8 Å². The van der Waals surface area contributed by atoms with E-state index in [1.54, 1.807) is 0 Å². The normalized spacial score (nSPS) is 20.9. The lowest BCUT2D eigenvalue weighted by atomic mass is 9.82. The van der Waals surface area contributed by atoms with Crippen molar-refractivity contribution in [1.29, 1.82) is 0 Å². The van der Waals surface area contributed by atoms with Crippen LogP contribution >= 0.6 is 0 Å². The molecule has 2 N–H and O–H groups in total. The fourth-order valence-corrected chi connectivity index (χ4v) is 2.95. The monoisotopic (exact) mass is 285 g/mol. The molecule has 1 aliphatic heterocycles. The van der Waals surface area contributed by atoms with Crippen LogP contribution in [0.4, 0.5) is 5.82 Å². The van der Waals surface area contributed by atoms with Crippen LogP contribution in [-0.2, 0) is 22.1 Å². The summed E-state index contributed by atoms with van der Waals surface area (Å²) in [5, 5.41) is 3.45. The van der Waals surface area contributed by atoms with Gasteiger partial charge in [0, 0.05) is 11.8 Å². The maximum absolute atomic E-state index is 10.7. The van der Waals surface area contributed by atoms with Crippen LogP contribution in [0.1, 0.15) is 32.8 Å². The van der Waals surface area contributed by atoms with Crippen molar-refractivity contribution in [2.24, 2.45) is 0 Å². The maximum atomic E-state index is 10.7. The number of fused-ring (bicyclic) bond motifs is 1. The van der Waals surface area contributed by atoms with E-state index >= 15 is 0 Å². The molecule has 5 nitrogen and oxygen atoms in total. The highest BCUT2D eigenvalue weighted by Crippen LogP contribution is 2.38. The average molecular weight is 285 g/mol. The molecule has 1 aromatic rings. The number of anilines is 1. The summed E-state index contributed by atoms with van der Waals surface area (Å²) in [4.78, 5) is 0. The van der Waals surface area contributed by atoms with Crippen LogP contribution in [0, 0.1) is 0 Å². The van der Waals surface area contributed by atoms with Gasteiger partial charge in [-0.05, 0) is 19.1 Å². The Morgan fingerprint density at radius 1 is 1.47 bits per heavy atom. The van der Waals surface area contributed by atoms with Gasteiger partial charge in [-0.2, -0.15) is 8.42 Å². The number of hydrogen-bond acceptors (Lipinski definition) is 3. The predicted molar refractivity (Wildman–Crippen MR) is 73.8 cm³/mol. The summed E-state index contributed by atoms with van der Waals surface area (Å²) in [5.74, 6) is 0.845. The number of hydrogen-bond donors (Lipinski definition) is 2. The van der Waals surface area contributed by atoms with Gasteiger partial charge in [0.05, 0.1) is 24.1 Å². The van der Waals surface area contributed by atoms with Crippen LogP contribution in [-0.4, -0.2) is 24.8 Å². The summed E-state index contributed by atoms with van der Waals surface area (Å²) < 4.78 is 32.3. The van der Waals surface area contributed by atoms with Gasteiger partial charge in [-0.25, -0.2) is 4.57 Å². The number of rotatable bonds is 4. The molecule has 0 bridgehead atoms. The Bertz CT molecular complexity index is 582. The molecule has 0 amide bonds. The van der Waals surface area contributed by atoms with Crippen molar-refractivity contribution in [3.63, 3.8) is 0 Å². The molecule has 2 heterocycles. The summed E-state index contributed by atoms with van der Waals surface area (Å²) >= 11 is 0. The van der Waals surface area contributed by atoms with Crippen molar-refractivity contribution < 1.29 is 17.5 Å². The Labute approximate surface area is 114 Å². The Hall–Kier alpha value is -1.14. The quantitative estimate of drug-likeness (QED) is 0.647. The third-order valence-electron chi connectivity index (χ3n) is 4.00. The lowest BCUT2D eigenvalue weighted by Crippen LogP contribution is -2.37. The van der Waals surface area contributed by atoms with Crippen molar-refractivity contribution in [2.75, 3.05) is 11.1 Å². The molecule has 1 aromatic heterocycles. The molecule has 0 aliphatic carbocycles. The first-order chi connectivity index (χ1) is 8.72. The summed E-state index contributed by atoms with van der Waals surface area (Å²) in [6.45, 7) is 7.10. The molecule has 2 rings (SSSR count). The first kappa shape index (κ1) is 14.3. The zero-order valence-corrected chi connectivity index (χ0v) is 12.4. The fourth-order valence-electron chi connectivity index (χ4n) is 2.45. The number of aryl methyl sites for hydroxylation is 1. The van der Waals surface area contributed by atoms with Crippen LogP contribution < -0.4 is 9.88 Å². The molecule has 0 fully saturated rings. The molecule has 0 radical (unpaired) electrons. The zero-order valence-electron chi connectivity index (χ0n) is 11.5.